The number of aromatic hydroxyl groups is 1. The van der Waals surface area contributed by atoms with Crippen molar-refractivity contribution in [2.45, 2.75) is 98.4 Å². The molecule has 8 heteroatoms. The van der Waals surface area contributed by atoms with Crippen LogP contribution in [0, 0.1) is 13.8 Å². The first kappa shape index (κ1) is 31.7. The highest BCUT2D eigenvalue weighted by molar-refractivity contribution is 5.93. The summed E-state index contributed by atoms with van der Waals surface area (Å²) in [6.07, 6.45) is 1.18. The molecule has 39 heavy (non-hydrogen) atoms. The van der Waals surface area contributed by atoms with Gasteiger partial charge in [0.15, 0.2) is 0 Å². The van der Waals surface area contributed by atoms with Crippen LogP contribution in [-0.4, -0.2) is 52.1 Å². The largest absolute Gasteiger partial charge is 0.508 e. The van der Waals surface area contributed by atoms with E-state index in [4.69, 9.17) is 4.74 Å². The van der Waals surface area contributed by atoms with Gasteiger partial charge in [-0.25, -0.2) is 4.79 Å². The Bertz CT molecular complexity index is 1100. The number of hydrogen-bond acceptors (Lipinski definition) is 5. The van der Waals surface area contributed by atoms with Crippen molar-refractivity contribution < 1.29 is 24.2 Å². The lowest BCUT2D eigenvalue weighted by Crippen LogP contribution is -2.56. The number of alkyl carbamates (subject to hydrolysis) is 1. The van der Waals surface area contributed by atoms with Crippen LogP contribution in [0.2, 0.25) is 0 Å². The van der Waals surface area contributed by atoms with Crippen molar-refractivity contribution in [2.75, 3.05) is 6.54 Å². The van der Waals surface area contributed by atoms with E-state index >= 15 is 0 Å². The molecular weight excluding hydrogens is 494 g/mol. The van der Waals surface area contributed by atoms with E-state index in [9.17, 15) is 19.5 Å². The smallest absolute Gasteiger partial charge is 0.408 e. The summed E-state index contributed by atoms with van der Waals surface area (Å²) < 4.78 is 5.47. The first-order valence-corrected chi connectivity index (χ1v) is 13.7. The number of carbonyl (C=O) groups is 3. The first-order valence-electron chi connectivity index (χ1n) is 13.7. The number of hydrogen-bond donors (Lipinski definition) is 3. The molecule has 0 aromatic heterocycles. The van der Waals surface area contributed by atoms with Gasteiger partial charge in [-0.2, -0.15) is 0 Å². The Kier molecular flexibility index (Phi) is 11.4. The molecule has 3 N–H and O–H groups in total. The minimum absolute atomic E-state index is 0.101. The van der Waals surface area contributed by atoms with E-state index in [2.05, 4.69) is 17.6 Å². The van der Waals surface area contributed by atoms with Crippen LogP contribution in [0.15, 0.2) is 42.5 Å². The van der Waals surface area contributed by atoms with E-state index in [0.717, 1.165) is 35.1 Å². The average molecular weight is 540 g/mol. The van der Waals surface area contributed by atoms with Crippen LogP contribution in [0.4, 0.5) is 4.79 Å². The molecule has 0 bridgehead atoms. The number of amides is 3. The maximum absolute atomic E-state index is 14.4. The quantitative estimate of drug-likeness (QED) is 0.334. The van der Waals surface area contributed by atoms with E-state index in [1.165, 1.54) is 12.1 Å². The maximum Gasteiger partial charge on any atom is 0.408 e. The second-order valence-electron chi connectivity index (χ2n) is 11.3. The minimum atomic E-state index is -1.01. The molecule has 2 aromatic rings. The Balaban J connectivity index is 2.58. The van der Waals surface area contributed by atoms with Gasteiger partial charge in [0.25, 0.3) is 0 Å². The van der Waals surface area contributed by atoms with Gasteiger partial charge in [-0.15, -0.1) is 0 Å². The van der Waals surface area contributed by atoms with Crippen molar-refractivity contribution in [3.8, 4) is 5.75 Å². The number of unbranched alkanes of at least 4 members (excludes halogenated alkanes) is 1. The van der Waals surface area contributed by atoms with Gasteiger partial charge in [-0.3, -0.25) is 9.59 Å². The fourth-order valence-electron chi connectivity index (χ4n) is 4.52. The molecule has 2 atom stereocenters. The minimum Gasteiger partial charge on any atom is -0.508 e. The highest BCUT2D eigenvalue weighted by atomic mass is 16.6. The Morgan fingerprint density at radius 3 is 2.10 bits per heavy atom. The summed E-state index contributed by atoms with van der Waals surface area (Å²) in [4.78, 5) is 42.5. The molecule has 8 nitrogen and oxygen atoms in total. The second kappa shape index (κ2) is 14.0. The number of nitrogens with zero attached hydrogens (tertiary/aromatic N) is 1. The Hall–Kier alpha value is -3.55. The van der Waals surface area contributed by atoms with Gasteiger partial charge < -0.3 is 25.4 Å². The highest BCUT2D eigenvalue weighted by Gasteiger charge is 2.39. The predicted octanol–water partition coefficient (Wildman–Crippen LogP) is 5.34. The molecular formula is C31H45N3O5. The molecule has 0 heterocycles. The summed E-state index contributed by atoms with van der Waals surface area (Å²) in [7, 11) is 0. The molecule has 214 valence electrons. The Morgan fingerprint density at radius 2 is 1.59 bits per heavy atom. The van der Waals surface area contributed by atoms with Crippen molar-refractivity contribution in [1.29, 1.82) is 0 Å². The number of benzene rings is 2. The van der Waals surface area contributed by atoms with Gasteiger partial charge in [0.1, 0.15) is 23.4 Å². The fraction of sp³-hybridized carbons (Fsp3) is 0.516. The summed E-state index contributed by atoms with van der Waals surface area (Å²) in [6.45, 7) is 15.4. The number of aryl methyl sites for hydroxylation is 2. The van der Waals surface area contributed by atoms with Crippen LogP contribution in [-0.2, 0) is 20.7 Å². The van der Waals surface area contributed by atoms with E-state index in [-0.39, 0.29) is 24.1 Å². The molecule has 2 rings (SSSR count). The molecule has 3 amide bonds. The van der Waals surface area contributed by atoms with Gasteiger partial charge in [-0.1, -0.05) is 43.7 Å². The lowest BCUT2D eigenvalue weighted by molar-refractivity contribution is -0.144. The molecule has 0 aliphatic heterocycles. The first-order chi connectivity index (χ1) is 18.2. The number of phenols is 1. The SMILES string of the molecule is CCCCNC(=O)C(c1c(C)cccc1C)N(C(=O)C(Cc1ccc(O)cc1)NC(=O)OC(C)(C)C)C(C)C. The van der Waals surface area contributed by atoms with E-state index in [0.29, 0.717) is 6.54 Å². The van der Waals surface area contributed by atoms with Gasteiger partial charge in [0, 0.05) is 19.0 Å². The highest BCUT2D eigenvalue weighted by Crippen LogP contribution is 2.30. The maximum atomic E-state index is 14.4. The molecule has 0 saturated heterocycles. The predicted molar refractivity (Wildman–Crippen MR) is 154 cm³/mol. The third-order valence-electron chi connectivity index (χ3n) is 6.35. The van der Waals surface area contributed by atoms with Crippen LogP contribution in [0.3, 0.4) is 0 Å². The standard InChI is InChI=1S/C31H45N3O5/c1-9-10-18-32-28(36)27(26-21(4)12-11-13-22(26)5)34(20(2)3)29(37)25(33-30(38)39-31(6,7)8)19-23-14-16-24(35)17-15-23/h11-17,20,25,27,35H,9-10,18-19H2,1-8H3,(H,32,36)(H,33,38). The lowest BCUT2D eigenvalue weighted by atomic mass is 9.92. The zero-order chi connectivity index (χ0) is 29.3. The molecule has 0 saturated carbocycles. The molecule has 2 aromatic carbocycles. The Labute approximate surface area is 233 Å². The number of carbonyl (C=O) groups excluding carboxylic acids is 3. The third kappa shape index (κ3) is 9.30. The normalized spacial score (nSPS) is 12.9. The summed E-state index contributed by atoms with van der Waals surface area (Å²) in [6, 6.07) is 10.0. The van der Waals surface area contributed by atoms with Gasteiger partial charge in [-0.05, 0) is 89.3 Å². The van der Waals surface area contributed by atoms with Crippen molar-refractivity contribution in [1.82, 2.24) is 15.5 Å². The second-order valence-corrected chi connectivity index (χ2v) is 11.3. The molecule has 0 radical (unpaired) electrons. The van der Waals surface area contributed by atoms with Crippen LogP contribution in [0.25, 0.3) is 0 Å². The number of nitrogens with one attached hydrogen (secondary N) is 2. The number of rotatable bonds is 11. The van der Waals surface area contributed by atoms with Crippen LogP contribution >= 0.6 is 0 Å². The lowest BCUT2D eigenvalue weighted by Gasteiger charge is -2.38. The molecule has 0 spiro atoms. The topological polar surface area (TPSA) is 108 Å². The summed E-state index contributed by atoms with van der Waals surface area (Å²) in [5, 5.41) is 15.5. The molecule has 0 aliphatic rings. The summed E-state index contributed by atoms with van der Waals surface area (Å²) in [5.41, 5.74) is 2.56. The van der Waals surface area contributed by atoms with E-state index < -0.39 is 29.7 Å². The van der Waals surface area contributed by atoms with Crippen molar-refractivity contribution in [2.24, 2.45) is 0 Å². The molecule has 2 unspecified atom stereocenters. The number of ether oxygens (including phenoxy) is 1. The van der Waals surface area contributed by atoms with Crippen LogP contribution < -0.4 is 10.6 Å². The number of phenolic OH excluding ortho intramolecular Hbond substituents is 1. The van der Waals surface area contributed by atoms with Crippen molar-refractivity contribution in [3.05, 3.63) is 64.7 Å². The zero-order valence-corrected chi connectivity index (χ0v) is 24.6. The van der Waals surface area contributed by atoms with Gasteiger partial charge >= 0.3 is 6.09 Å². The molecule has 0 fully saturated rings. The third-order valence-corrected chi connectivity index (χ3v) is 6.35. The van der Waals surface area contributed by atoms with Crippen molar-refractivity contribution >= 4 is 17.9 Å². The van der Waals surface area contributed by atoms with Gasteiger partial charge in [0.05, 0.1) is 0 Å². The fourth-order valence-corrected chi connectivity index (χ4v) is 4.52. The van der Waals surface area contributed by atoms with Crippen LogP contribution in [0.1, 0.15) is 82.7 Å². The van der Waals surface area contributed by atoms with E-state index in [1.807, 2.05) is 45.9 Å². The molecule has 0 aliphatic carbocycles. The van der Waals surface area contributed by atoms with Crippen LogP contribution in [0.5, 0.6) is 5.75 Å². The zero-order valence-electron chi connectivity index (χ0n) is 24.6. The summed E-state index contributed by atoms with van der Waals surface area (Å²) in [5.74, 6) is -0.560. The van der Waals surface area contributed by atoms with Crippen molar-refractivity contribution in [3.63, 3.8) is 0 Å². The Morgan fingerprint density at radius 1 is 1.00 bits per heavy atom. The van der Waals surface area contributed by atoms with E-state index in [1.54, 1.807) is 37.8 Å². The summed E-state index contributed by atoms with van der Waals surface area (Å²) >= 11 is 0. The van der Waals surface area contributed by atoms with Gasteiger partial charge in [0.2, 0.25) is 11.8 Å². The average Bonchev–Trinajstić information content (AvgIpc) is 2.82. The monoisotopic (exact) mass is 539 g/mol.